The lowest BCUT2D eigenvalue weighted by molar-refractivity contribution is 0.415. The van der Waals surface area contributed by atoms with Crippen molar-refractivity contribution >= 4 is 23.4 Å². The van der Waals surface area contributed by atoms with Gasteiger partial charge in [0.2, 0.25) is 0 Å². The van der Waals surface area contributed by atoms with Gasteiger partial charge in [-0.3, -0.25) is 9.25 Å². The highest BCUT2D eigenvalue weighted by atomic mass is 35.5. The minimum Gasteiger partial charge on any atom is -0.495 e. The Morgan fingerprint density at radius 2 is 1.93 bits per heavy atom. The number of aryl methyl sites for hydroxylation is 1. The first kappa shape index (κ1) is 18.6. The third-order valence-electron chi connectivity index (χ3n) is 4.19. The Hall–Kier alpha value is -2.77. The van der Waals surface area contributed by atoms with Crippen molar-refractivity contribution in [1.29, 1.82) is 0 Å². The molecule has 0 aliphatic carbocycles. The maximum absolute atomic E-state index is 6.38. The third kappa shape index (κ3) is 3.76. The number of benzene rings is 2. The summed E-state index contributed by atoms with van der Waals surface area (Å²) in [6.07, 6.45) is 3.85. The molecule has 2 aromatic carbocycles. The molecule has 0 spiro atoms. The number of rotatable bonds is 6. The molecule has 8 heteroatoms. The second kappa shape index (κ2) is 8.08. The van der Waals surface area contributed by atoms with E-state index < -0.39 is 0 Å². The molecule has 0 atom stereocenters. The maximum Gasteiger partial charge on any atom is 0.196 e. The van der Waals surface area contributed by atoms with E-state index in [-0.39, 0.29) is 0 Å². The monoisotopic (exact) mass is 411 g/mol. The molecule has 0 saturated heterocycles. The number of nitrogens with zero attached hydrogens (tertiary/aromatic N) is 5. The number of thioether (sulfide) groups is 1. The van der Waals surface area contributed by atoms with Gasteiger partial charge in [0.25, 0.3) is 0 Å². The Bertz CT molecular complexity index is 1090. The molecule has 4 aromatic rings. The number of halogens is 1. The van der Waals surface area contributed by atoms with E-state index >= 15 is 0 Å². The average Bonchev–Trinajstić information content (AvgIpc) is 3.33. The minimum atomic E-state index is 0.538. The van der Waals surface area contributed by atoms with E-state index in [1.165, 1.54) is 0 Å². The summed E-state index contributed by atoms with van der Waals surface area (Å²) in [7, 11) is 3.51. The highest BCUT2D eigenvalue weighted by Gasteiger charge is 2.17. The third-order valence-corrected chi connectivity index (χ3v) is 5.48. The predicted octanol–water partition coefficient (Wildman–Crippen LogP) is 4.62. The van der Waals surface area contributed by atoms with Crippen molar-refractivity contribution < 1.29 is 4.74 Å². The summed E-state index contributed by atoms with van der Waals surface area (Å²) < 4.78 is 9.09. The summed E-state index contributed by atoms with van der Waals surface area (Å²) in [6, 6.07) is 15.6. The lowest BCUT2D eigenvalue weighted by Gasteiger charge is -2.12. The van der Waals surface area contributed by atoms with Crippen LogP contribution in [0.1, 0.15) is 5.56 Å². The molecule has 6 nitrogen and oxygen atoms in total. The van der Waals surface area contributed by atoms with Gasteiger partial charge in [0, 0.05) is 30.1 Å². The van der Waals surface area contributed by atoms with Crippen molar-refractivity contribution in [1.82, 2.24) is 24.5 Å². The van der Waals surface area contributed by atoms with Crippen molar-refractivity contribution in [2.75, 3.05) is 7.11 Å². The van der Waals surface area contributed by atoms with Crippen LogP contribution in [0.4, 0.5) is 0 Å². The number of methoxy groups -OCH3 is 1. The minimum absolute atomic E-state index is 0.538. The molecular formula is C20H18ClN5OS. The molecule has 4 rings (SSSR count). The van der Waals surface area contributed by atoms with Gasteiger partial charge < -0.3 is 4.74 Å². The van der Waals surface area contributed by atoms with Crippen LogP contribution >= 0.6 is 23.4 Å². The summed E-state index contributed by atoms with van der Waals surface area (Å²) in [4.78, 5) is 0. The van der Waals surface area contributed by atoms with Crippen molar-refractivity contribution in [2.45, 2.75) is 10.9 Å². The number of hydrogen-bond donors (Lipinski definition) is 0. The van der Waals surface area contributed by atoms with Gasteiger partial charge in [0.15, 0.2) is 11.0 Å². The van der Waals surface area contributed by atoms with Gasteiger partial charge in [-0.2, -0.15) is 5.10 Å². The quantitative estimate of drug-likeness (QED) is 0.433. The molecule has 28 heavy (non-hydrogen) atoms. The molecular weight excluding hydrogens is 394 g/mol. The summed E-state index contributed by atoms with van der Waals surface area (Å²) >= 11 is 7.98. The molecule has 0 N–H and O–H groups in total. The first-order valence-electron chi connectivity index (χ1n) is 8.61. The van der Waals surface area contributed by atoms with Gasteiger partial charge in [0.1, 0.15) is 5.75 Å². The summed E-state index contributed by atoms with van der Waals surface area (Å²) in [6.45, 7) is 0. The zero-order chi connectivity index (χ0) is 19.5. The zero-order valence-electron chi connectivity index (χ0n) is 15.4. The summed E-state index contributed by atoms with van der Waals surface area (Å²) in [5.41, 5.74) is 2.98. The zero-order valence-corrected chi connectivity index (χ0v) is 17.0. The normalized spacial score (nSPS) is 11.0. The molecule has 0 aliphatic heterocycles. The van der Waals surface area contributed by atoms with Crippen LogP contribution in [-0.2, 0) is 12.8 Å². The van der Waals surface area contributed by atoms with E-state index in [1.54, 1.807) is 23.6 Å². The standard InChI is InChI=1S/C20H18ClN5OS/c1-25-12-14(11-22-25)13-28-20-24-23-19(15-6-4-3-5-7-15)26(20)16-8-9-18(27-2)17(21)10-16/h3-12H,13H2,1-2H3. The smallest absolute Gasteiger partial charge is 0.196 e. The molecule has 0 aliphatic rings. The highest BCUT2D eigenvalue weighted by molar-refractivity contribution is 7.98. The Morgan fingerprint density at radius 3 is 2.61 bits per heavy atom. The fourth-order valence-corrected chi connectivity index (χ4v) is 3.98. The van der Waals surface area contributed by atoms with E-state index in [0.29, 0.717) is 10.8 Å². The molecule has 142 valence electrons. The molecule has 0 fully saturated rings. The van der Waals surface area contributed by atoms with Crippen LogP contribution in [0, 0.1) is 0 Å². The van der Waals surface area contributed by atoms with E-state index in [2.05, 4.69) is 15.3 Å². The van der Waals surface area contributed by atoms with Crippen LogP contribution in [0.15, 0.2) is 66.1 Å². The van der Waals surface area contributed by atoms with Gasteiger partial charge in [-0.25, -0.2) is 0 Å². The van der Waals surface area contributed by atoms with Crippen molar-refractivity contribution in [3.05, 3.63) is 71.5 Å². The molecule has 2 aromatic heterocycles. The van der Waals surface area contributed by atoms with Gasteiger partial charge in [0.05, 0.1) is 24.0 Å². The van der Waals surface area contributed by atoms with Crippen molar-refractivity contribution in [3.63, 3.8) is 0 Å². The molecule has 2 heterocycles. The summed E-state index contributed by atoms with van der Waals surface area (Å²) in [5.74, 6) is 2.13. The largest absolute Gasteiger partial charge is 0.495 e. The predicted molar refractivity (Wildman–Crippen MR) is 111 cm³/mol. The number of hydrogen-bond acceptors (Lipinski definition) is 5. The lowest BCUT2D eigenvalue weighted by Crippen LogP contribution is -2.00. The van der Waals surface area contributed by atoms with E-state index in [9.17, 15) is 0 Å². The summed E-state index contributed by atoms with van der Waals surface area (Å²) in [5, 5.41) is 14.4. The highest BCUT2D eigenvalue weighted by Crippen LogP contribution is 2.33. The Kier molecular flexibility index (Phi) is 5.36. The molecule has 0 saturated carbocycles. The number of aromatic nitrogens is 5. The van der Waals surface area contributed by atoms with Crippen LogP contribution in [0.3, 0.4) is 0 Å². The second-order valence-electron chi connectivity index (χ2n) is 6.14. The number of ether oxygens (including phenoxy) is 1. The topological polar surface area (TPSA) is 57.8 Å². The molecule has 0 amide bonds. The van der Waals surface area contributed by atoms with Crippen LogP contribution in [0.2, 0.25) is 5.02 Å². The fourth-order valence-electron chi connectivity index (χ4n) is 2.86. The van der Waals surface area contributed by atoms with E-state index in [4.69, 9.17) is 16.3 Å². The average molecular weight is 412 g/mol. The fraction of sp³-hybridized carbons (Fsp3) is 0.150. The molecule has 0 unspecified atom stereocenters. The van der Waals surface area contributed by atoms with Gasteiger partial charge in [-0.05, 0) is 18.2 Å². The van der Waals surface area contributed by atoms with Crippen LogP contribution in [0.5, 0.6) is 5.75 Å². The van der Waals surface area contributed by atoms with Crippen LogP contribution < -0.4 is 4.74 Å². The molecule has 0 bridgehead atoms. The van der Waals surface area contributed by atoms with Crippen LogP contribution in [0.25, 0.3) is 17.1 Å². The Labute approximate surface area is 172 Å². The lowest BCUT2D eigenvalue weighted by atomic mass is 10.2. The first-order valence-corrected chi connectivity index (χ1v) is 9.97. The van der Waals surface area contributed by atoms with Crippen molar-refractivity contribution in [3.8, 4) is 22.8 Å². The molecule has 0 radical (unpaired) electrons. The van der Waals surface area contributed by atoms with Gasteiger partial charge in [-0.1, -0.05) is 53.7 Å². The van der Waals surface area contributed by atoms with E-state index in [1.807, 2.05) is 72.5 Å². The first-order chi connectivity index (χ1) is 13.7. The second-order valence-corrected chi connectivity index (χ2v) is 7.49. The van der Waals surface area contributed by atoms with Gasteiger partial charge >= 0.3 is 0 Å². The van der Waals surface area contributed by atoms with Gasteiger partial charge in [-0.15, -0.1) is 10.2 Å². The van der Waals surface area contributed by atoms with Crippen molar-refractivity contribution in [2.24, 2.45) is 7.05 Å². The van der Waals surface area contributed by atoms with Crippen LogP contribution in [-0.4, -0.2) is 31.7 Å². The Morgan fingerprint density at radius 1 is 1.11 bits per heavy atom. The van der Waals surface area contributed by atoms with E-state index in [0.717, 1.165) is 33.5 Å². The Balaban J connectivity index is 1.76. The maximum atomic E-state index is 6.38. The SMILES string of the molecule is COc1ccc(-n2c(SCc3cnn(C)c3)nnc2-c2ccccc2)cc1Cl.